The molecule has 184 valence electrons. The summed E-state index contributed by atoms with van der Waals surface area (Å²) in [4.78, 5) is 30.6. The molecule has 3 heterocycles. The Balaban J connectivity index is 1.51. The Morgan fingerprint density at radius 1 is 1.20 bits per heavy atom. The average molecular weight is 492 g/mol. The van der Waals surface area contributed by atoms with Gasteiger partial charge in [0, 0.05) is 59.2 Å². The Bertz CT molecular complexity index is 1190. The Morgan fingerprint density at radius 3 is 2.69 bits per heavy atom. The molecule has 5 rings (SSSR count). The van der Waals surface area contributed by atoms with E-state index in [9.17, 15) is 9.59 Å². The summed E-state index contributed by atoms with van der Waals surface area (Å²) in [6.07, 6.45) is 1.28. The fourth-order valence-corrected chi connectivity index (χ4v) is 6.41. The third-order valence-electron chi connectivity index (χ3n) is 6.98. The molecule has 7 heteroatoms. The topological polar surface area (TPSA) is 70.7 Å². The Morgan fingerprint density at radius 2 is 1.94 bits per heavy atom. The number of thiophene rings is 1. The molecule has 2 N–H and O–H groups in total. The maximum absolute atomic E-state index is 13.6. The molecule has 1 atom stereocenters. The maximum Gasteiger partial charge on any atom is 0.254 e. The van der Waals surface area contributed by atoms with Gasteiger partial charge in [0.25, 0.3) is 5.91 Å². The van der Waals surface area contributed by atoms with E-state index in [-0.39, 0.29) is 23.0 Å². The van der Waals surface area contributed by atoms with E-state index < -0.39 is 0 Å². The second-order valence-corrected chi connectivity index (χ2v) is 11.4. The van der Waals surface area contributed by atoms with Gasteiger partial charge in [-0.15, -0.1) is 11.3 Å². The molecule has 2 aromatic rings. The number of nitrogens with zero attached hydrogens (tertiary/aromatic N) is 1. The van der Waals surface area contributed by atoms with Crippen molar-refractivity contribution in [3.8, 4) is 0 Å². The van der Waals surface area contributed by atoms with Gasteiger partial charge in [-0.25, -0.2) is 0 Å². The van der Waals surface area contributed by atoms with Crippen molar-refractivity contribution >= 4 is 28.7 Å². The van der Waals surface area contributed by atoms with Gasteiger partial charge in [-0.3, -0.25) is 14.5 Å². The second-order valence-electron chi connectivity index (χ2n) is 10.5. The number of amides is 1. The van der Waals surface area contributed by atoms with Crippen LogP contribution in [0.2, 0.25) is 0 Å². The Labute approximate surface area is 211 Å². The number of rotatable bonds is 5. The van der Waals surface area contributed by atoms with Crippen LogP contribution in [0.5, 0.6) is 0 Å². The summed E-state index contributed by atoms with van der Waals surface area (Å²) >= 11 is 1.65. The minimum Gasteiger partial charge on any atom is -0.379 e. The number of hydrogen-bond donors (Lipinski definition) is 2. The van der Waals surface area contributed by atoms with Crippen molar-refractivity contribution in [2.24, 2.45) is 5.41 Å². The third-order valence-corrected chi connectivity index (χ3v) is 8.03. The van der Waals surface area contributed by atoms with Crippen molar-refractivity contribution in [1.29, 1.82) is 0 Å². The molecule has 6 nitrogen and oxygen atoms in total. The van der Waals surface area contributed by atoms with E-state index in [0.717, 1.165) is 66.8 Å². The van der Waals surface area contributed by atoms with Gasteiger partial charge in [0.05, 0.1) is 19.1 Å². The normalized spacial score (nSPS) is 22.6. The molecule has 1 aliphatic carbocycles. The van der Waals surface area contributed by atoms with Crippen LogP contribution in [-0.2, 0) is 20.9 Å². The zero-order chi connectivity index (χ0) is 24.6. The number of anilines is 1. The molecule has 0 bridgehead atoms. The van der Waals surface area contributed by atoms with Gasteiger partial charge in [0.2, 0.25) is 0 Å². The molecule has 0 saturated carbocycles. The van der Waals surface area contributed by atoms with Crippen LogP contribution in [0.1, 0.15) is 50.0 Å². The number of carbonyl (C=O) groups is 2. The molecule has 1 fully saturated rings. The molecule has 1 aromatic carbocycles. The van der Waals surface area contributed by atoms with E-state index in [4.69, 9.17) is 4.74 Å². The van der Waals surface area contributed by atoms with Gasteiger partial charge in [-0.1, -0.05) is 32.0 Å². The van der Waals surface area contributed by atoms with Crippen LogP contribution in [0.15, 0.2) is 64.3 Å². The van der Waals surface area contributed by atoms with E-state index in [1.807, 2.05) is 37.3 Å². The van der Waals surface area contributed by atoms with Crippen LogP contribution in [0.3, 0.4) is 0 Å². The van der Waals surface area contributed by atoms with Crippen molar-refractivity contribution < 1.29 is 14.3 Å². The molecule has 1 saturated heterocycles. The molecule has 0 radical (unpaired) electrons. The highest BCUT2D eigenvalue weighted by Gasteiger charge is 2.43. The van der Waals surface area contributed by atoms with Gasteiger partial charge in [0.1, 0.15) is 0 Å². The van der Waals surface area contributed by atoms with Crippen molar-refractivity contribution in [2.45, 2.75) is 46.1 Å². The van der Waals surface area contributed by atoms with E-state index >= 15 is 0 Å². The number of para-hydroxylation sites is 1. The summed E-state index contributed by atoms with van der Waals surface area (Å²) < 4.78 is 5.49. The first-order valence-electron chi connectivity index (χ1n) is 12.3. The average Bonchev–Trinajstić information content (AvgIpc) is 3.26. The van der Waals surface area contributed by atoms with Gasteiger partial charge in [-0.05, 0) is 47.9 Å². The molecule has 1 aromatic heterocycles. The summed E-state index contributed by atoms with van der Waals surface area (Å²) in [6.45, 7) is 10.4. The highest BCUT2D eigenvalue weighted by Crippen LogP contribution is 2.48. The summed E-state index contributed by atoms with van der Waals surface area (Å²) in [7, 11) is 0. The number of nitrogens with one attached hydrogen (secondary N) is 2. The summed E-state index contributed by atoms with van der Waals surface area (Å²) in [5.74, 6) is -0.394. The quantitative estimate of drug-likeness (QED) is 0.627. The summed E-state index contributed by atoms with van der Waals surface area (Å²) in [6, 6.07) is 11.7. The van der Waals surface area contributed by atoms with E-state index in [2.05, 4.69) is 40.8 Å². The first-order chi connectivity index (χ1) is 16.8. The monoisotopic (exact) mass is 491 g/mol. The smallest absolute Gasteiger partial charge is 0.254 e. The fourth-order valence-electron chi connectivity index (χ4n) is 5.39. The zero-order valence-electron chi connectivity index (χ0n) is 20.6. The van der Waals surface area contributed by atoms with Crippen LogP contribution in [0, 0.1) is 5.41 Å². The zero-order valence-corrected chi connectivity index (χ0v) is 21.5. The fraction of sp³-hybridized carbons (Fsp3) is 0.429. The predicted molar refractivity (Wildman–Crippen MR) is 139 cm³/mol. The van der Waals surface area contributed by atoms with Gasteiger partial charge in [-0.2, -0.15) is 0 Å². The van der Waals surface area contributed by atoms with E-state index in [1.54, 1.807) is 11.3 Å². The summed E-state index contributed by atoms with van der Waals surface area (Å²) in [5.41, 5.74) is 5.02. The van der Waals surface area contributed by atoms with Crippen LogP contribution in [-0.4, -0.2) is 42.9 Å². The van der Waals surface area contributed by atoms with Gasteiger partial charge in [0.15, 0.2) is 5.78 Å². The third kappa shape index (κ3) is 5.13. The maximum atomic E-state index is 13.6. The van der Waals surface area contributed by atoms with Crippen molar-refractivity contribution in [3.05, 3.63) is 74.8 Å². The Kier molecular flexibility index (Phi) is 6.66. The molecular weight excluding hydrogens is 458 g/mol. The standard InChI is InChI=1S/C28H33N3O3S/c1-18-24(27(33)30-20-7-5-4-6-8-20)26(25-21(29-18)14-28(2,3)15-22(25)32)23-13-19(17-35-23)16-31-9-11-34-12-10-31/h4-8,13,17,26,29H,9-12,14-16H2,1-3H3,(H,30,33)/t26-/m1/s1. The molecule has 3 aliphatic rings. The highest BCUT2D eigenvalue weighted by atomic mass is 32.1. The lowest BCUT2D eigenvalue weighted by Gasteiger charge is -2.39. The number of ether oxygens (including phenoxy) is 1. The number of dihydropyridines is 1. The van der Waals surface area contributed by atoms with Crippen molar-refractivity contribution in [2.75, 3.05) is 31.6 Å². The number of allylic oxidation sites excluding steroid dienone is 3. The first kappa shape index (κ1) is 24.0. The molecule has 0 unspecified atom stereocenters. The number of Topliss-reactive ketones (excluding diaryl/α,β-unsaturated/α-hetero) is 1. The van der Waals surface area contributed by atoms with E-state index in [0.29, 0.717) is 12.0 Å². The molecular formula is C28H33N3O3S. The summed E-state index contributed by atoms with van der Waals surface area (Å²) in [5, 5.41) is 8.68. The molecule has 2 aliphatic heterocycles. The second kappa shape index (κ2) is 9.72. The SMILES string of the molecule is CC1=C(C(=O)Nc2ccccc2)[C@@H](c2cc(CN3CCOCC3)cs2)C2=C(CC(C)(C)CC2=O)N1. The van der Waals surface area contributed by atoms with Crippen LogP contribution < -0.4 is 10.6 Å². The van der Waals surface area contributed by atoms with E-state index in [1.165, 1.54) is 5.56 Å². The first-order valence-corrected chi connectivity index (χ1v) is 13.2. The molecule has 1 amide bonds. The predicted octanol–water partition coefficient (Wildman–Crippen LogP) is 4.82. The minimum absolute atomic E-state index is 0.103. The number of ketones is 1. The lowest BCUT2D eigenvalue weighted by atomic mass is 9.69. The Hall–Kier alpha value is -2.74. The van der Waals surface area contributed by atoms with Crippen LogP contribution in [0.25, 0.3) is 0 Å². The number of morpholine rings is 1. The van der Waals surface area contributed by atoms with Crippen molar-refractivity contribution in [3.63, 3.8) is 0 Å². The highest BCUT2D eigenvalue weighted by molar-refractivity contribution is 7.10. The van der Waals surface area contributed by atoms with Crippen LogP contribution >= 0.6 is 11.3 Å². The number of benzene rings is 1. The molecule has 35 heavy (non-hydrogen) atoms. The van der Waals surface area contributed by atoms with Crippen molar-refractivity contribution in [1.82, 2.24) is 10.2 Å². The van der Waals surface area contributed by atoms with Crippen LogP contribution in [0.4, 0.5) is 5.69 Å². The van der Waals surface area contributed by atoms with Gasteiger partial charge >= 0.3 is 0 Å². The lowest BCUT2D eigenvalue weighted by Crippen LogP contribution is -2.39. The number of hydrogen-bond acceptors (Lipinski definition) is 6. The van der Waals surface area contributed by atoms with Gasteiger partial charge < -0.3 is 15.4 Å². The molecule has 0 spiro atoms. The lowest BCUT2D eigenvalue weighted by molar-refractivity contribution is -0.118. The number of carbonyl (C=O) groups excluding carboxylic acids is 2. The minimum atomic E-state index is -0.359. The largest absolute Gasteiger partial charge is 0.379 e.